The topological polar surface area (TPSA) is 20.2 Å². The number of hydrogen-bond acceptors (Lipinski definition) is 1. The van der Waals surface area contributed by atoms with Crippen LogP contribution >= 0.6 is 0 Å². The summed E-state index contributed by atoms with van der Waals surface area (Å²) in [6.45, 7) is 4.43. The Kier molecular flexibility index (Phi) is 17.0. The minimum absolute atomic E-state index is 0.0345. The van der Waals surface area contributed by atoms with Crippen molar-refractivity contribution in [1.29, 1.82) is 0 Å². The van der Waals surface area contributed by atoms with Crippen molar-refractivity contribution < 1.29 is 5.11 Å². The largest absolute Gasteiger partial charge is 0.393 e. The molecule has 122 valence electrons. The Bertz CT molecular complexity index is 167. The molecular weight excluding hydrogens is 244 g/mol. The van der Waals surface area contributed by atoms with Gasteiger partial charge in [0.1, 0.15) is 0 Å². The third-order valence-electron chi connectivity index (χ3n) is 4.26. The molecule has 0 aliphatic rings. The van der Waals surface area contributed by atoms with Gasteiger partial charge < -0.3 is 5.11 Å². The van der Waals surface area contributed by atoms with Gasteiger partial charge in [-0.15, -0.1) is 0 Å². The minimum atomic E-state index is -0.0345. The molecule has 0 bridgehead atoms. The molecule has 0 saturated heterocycles. The lowest BCUT2D eigenvalue weighted by atomic mass is 10.0. The molecule has 0 aromatic carbocycles. The molecule has 0 aromatic rings. The number of rotatable bonds is 16. The molecule has 0 radical (unpaired) electrons. The van der Waals surface area contributed by atoms with Crippen LogP contribution in [0.3, 0.4) is 0 Å². The van der Waals surface area contributed by atoms with Gasteiger partial charge in [-0.25, -0.2) is 0 Å². The molecule has 0 amide bonds. The smallest absolute Gasteiger partial charge is 0.0540 e. The molecule has 1 nitrogen and oxygen atoms in total. The van der Waals surface area contributed by atoms with E-state index in [4.69, 9.17) is 0 Å². The maximum absolute atomic E-state index is 9.63. The van der Waals surface area contributed by atoms with Crippen molar-refractivity contribution in [1.82, 2.24) is 0 Å². The van der Waals surface area contributed by atoms with E-state index in [-0.39, 0.29) is 6.10 Å². The second-order valence-corrected chi connectivity index (χ2v) is 6.47. The highest BCUT2D eigenvalue weighted by Gasteiger charge is 2.01. The number of aliphatic hydroxyl groups excluding tert-OH is 1. The average molecular weight is 285 g/mol. The molecule has 0 spiro atoms. The Morgan fingerprint density at radius 1 is 0.500 bits per heavy atom. The summed E-state index contributed by atoms with van der Waals surface area (Å²) in [5, 5.41) is 9.63. The van der Waals surface area contributed by atoms with Gasteiger partial charge in [0.05, 0.1) is 6.10 Å². The summed E-state index contributed by atoms with van der Waals surface area (Å²) < 4.78 is 0. The summed E-state index contributed by atoms with van der Waals surface area (Å²) in [5.41, 5.74) is 0. The lowest BCUT2D eigenvalue weighted by Gasteiger charge is -2.08. The molecule has 0 rings (SSSR count). The zero-order valence-electron chi connectivity index (χ0n) is 14.3. The quantitative estimate of drug-likeness (QED) is 0.315. The van der Waals surface area contributed by atoms with Gasteiger partial charge in [0.15, 0.2) is 0 Å². The number of unbranched alkanes of at least 4 members (excludes halogenated alkanes) is 12. The standard InChI is InChI=1S/C19H40O/c1-3-5-6-7-8-9-10-11-12-13-14-15-16-18-19(20)17-4-2/h19-20H,3-18H2,1-2H3/t19-/m0/s1. The van der Waals surface area contributed by atoms with Crippen LogP contribution in [0.25, 0.3) is 0 Å². The molecule has 0 unspecified atom stereocenters. The van der Waals surface area contributed by atoms with E-state index in [0.717, 1.165) is 19.3 Å². The molecule has 0 aromatic heterocycles. The molecule has 0 aliphatic carbocycles. The molecule has 1 N–H and O–H groups in total. The summed E-state index contributed by atoms with van der Waals surface area (Å²) in [6.07, 6.45) is 21.3. The van der Waals surface area contributed by atoms with Gasteiger partial charge >= 0.3 is 0 Å². The van der Waals surface area contributed by atoms with Gasteiger partial charge in [0, 0.05) is 0 Å². The number of aliphatic hydroxyl groups is 1. The van der Waals surface area contributed by atoms with E-state index in [1.165, 1.54) is 83.5 Å². The summed E-state index contributed by atoms with van der Waals surface area (Å²) in [6, 6.07) is 0. The molecule has 20 heavy (non-hydrogen) atoms. The number of hydrogen-bond donors (Lipinski definition) is 1. The van der Waals surface area contributed by atoms with Crippen LogP contribution < -0.4 is 0 Å². The first-order valence-corrected chi connectivity index (χ1v) is 9.49. The Hall–Kier alpha value is -0.0400. The highest BCUT2D eigenvalue weighted by molar-refractivity contribution is 4.55. The van der Waals surface area contributed by atoms with Crippen molar-refractivity contribution in [3.63, 3.8) is 0 Å². The fourth-order valence-electron chi connectivity index (χ4n) is 2.88. The molecule has 1 heteroatoms. The van der Waals surface area contributed by atoms with E-state index in [1.807, 2.05) is 0 Å². The first kappa shape index (κ1) is 20.0. The molecule has 1 atom stereocenters. The fraction of sp³-hybridized carbons (Fsp3) is 1.00. The van der Waals surface area contributed by atoms with Crippen LogP contribution in [0.4, 0.5) is 0 Å². The maximum Gasteiger partial charge on any atom is 0.0540 e. The van der Waals surface area contributed by atoms with E-state index in [1.54, 1.807) is 0 Å². The minimum Gasteiger partial charge on any atom is -0.393 e. The zero-order chi connectivity index (χ0) is 14.9. The highest BCUT2D eigenvalue weighted by atomic mass is 16.3. The van der Waals surface area contributed by atoms with Crippen molar-refractivity contribution >= 4 is 0 Å². The van der Waals surface area contributed by atoms with Gasteiger partial charge in [-0.3, -0.25) is 0 Å². The maximum atomic E-state index is 9.63. The first-order chi connectivity index (χ1) is 9.81. The summed E-state index contributed by atoms with van der Waals surface area (Å²) in [5.74, 6) is 0. The van der Waals surface area contributed by atoms with E-state index < -0.39 is 0 Å². The summed E-state index contributed by atoms with van der Waals surface area (Å²) >= 11 is 0. The van der Waals surface area contributed by atoms with Crippen LogP contribution in [0.1, 0.15) is 117 Å². The predicted molar refractivity (Wildman–Crippen MR) is 91.2 cm³/mol. The Balaban J connectivity index is 2.99. The molecule has 0 heterocycles. The van der Waals surface area contributed by atoms with E-state index in [9.17, 15) is 5.11 Å². The third kappa shape index (κ3) is 16.0. The summed E-state index contributed by atoms with van der Waals surface area (Å²) in [7, 11) is 0. The summed E-state index contributed by atoms with van der Waals surface area (Å²) in [4.78, 5) is 0. The lowest BCUT2D eigenvalue weighted by molar-refractivity contribution is 0.150. The molecular formula is C19H40O. The van der Waals surface area contributed by atoms with Gasteiger partial charge in [-0.1, -0.05) is 104 Å². The predicted octanol–water partition coefficient (Wildman–Crippen LogP) is 6.63. The molecule has 0 saturated carbocycles. The highest BCUT2D eigenvalue weighted by Crippen LogP contribution is 2.14. The average Bonchev–Trinajstić information content (AvgIpc) is 2.44. The van der Waals surface area contributed by atoms with Gasteiger partial charge in [-0.2, -0.15) is 0 Å². The molecule has 0 aliphatic heterocycles. The second kappa shape index (κ2) is 17.0. The van der Waals surface area contributed by atoms with E-state index in [0.29, 0.717) is 0 Å². The second-order valence-electron chi connectivity index (χ2n) is 6.47. The Morgan fingerprint density at radius 3 is 1.30 bits per heavy atom. The van der Waals surface area contributed by atoms with Crippen LogP contribution in [-0.4, -0.2) is 11.2 Å². The third-order valence-corrected chi connectivity index (χ3v) is 4.26. The normalized spacial score (nSPS) is 12.8. The monoisotopic (exact) mass is 284 g/mol. The van der Waals surface area contributed by atoms with Crippen molar-refractivity contribution in [2.45, 2.75) is 123 Å². The van der Waals surface area contributed by atoms with Crippen molar-refractivity contribution in [3.05, 3.63) is 0 Å². The molecule has 0 fully saturated rings. The van der Waals surface area contributed by atoms with E-state index >= 15 is 0 Å². The van der Waals surface area contributed by atoms with Crippen LogP contribution in [0.2, 0.25) is 0 Å². The van der Waals surface area contributed by atoms with Crippen molar-refractivity contribution in [3.8, 4) is 0 Å². The zero-order valence-corrected chi connectivity index (χ0v) is 14.3. The first-order valence-electron chi connectivity index (χ1n) is 9.49. The van der Waals surface area contributed by atoms with Crippen LogP contribution in [0, 0.1) is 0 Å². The van der Waals surface area contributed by atoms with Gasteiger partial charge in [0.2, 0.25) is 0 Å². The fourth-order valence-corrected chi connectivity index (χ4v) is 2.88. The Labute approximate surface area is 128 Å². The van der Waals surface area contributed by atoms with Crippen LogP contribution in [0.15, 0.2) is 0 Å². The van der Waals surface area contributed by atoms with Crippen LogP contribution in [0.5, 0.6) is 0 Å². The van der Waals surface area contributed by atoms with Crippen molar-refractivity contribution in [2.24, 2.45) is 0 Å². The van der Waals surface area contributed by atoms with Gasteiger partial charge in [-0.05, 0) is 12.8 Å². The van der Waals surface area contributed by atoms with Crippen molar-refractivity contribution in [2.75, 3.05) is 0 Å². The van der Waals surface area contributed by atoms with E-state index in [2.05, 4.69) is 13.8 Å². The van der Waals surface area contributed by atoms with Crippen LogP contribution in [-0.2, 0) is 0 Å². The Morgan fingerprint density at radius 2 is 0.900 bits per heavy atom. The lowest BCUT2D eigenvalue weighted by Crippen LogP contribution is -2.04. The van der Waals surface area contributed by atoms with Gasteiger partial charge in [0.25, 0.3) is 0 Å². The SMILES string of the molecule is CCCCCCCCCCCCCCC[C@@H](O)CCC.